The molecule has 0 bridgehead atoms. The summed E-state index contributed by atoms with van der Waals surface area (Å²) in [6.07, 6.45) is 6.09. The van der Waals surface area contributed by atoms with E-state index in [0.717, 1.165) is 46.5 Å². The number of methoxy groups -OCH3 is 1. The molecule has 3 aromatic heterocycles. The van der Waals surface area contributed by atoms with E-state index in [1.807, 2.05) is 22.9 Å². The first-order valence-electron chi connectivity index (χ1n) is 12.7. The number of fused-ring (bicyclic) bond motifs is 2. The van der Waals surface area contributed by atoms with E-state index in [1.54, 1.807) is 65.5 Å². The lowest BCUT2D eigenvalue weighted by Gasteiger charge is -2.21. The summed E-state index contributed by atoms with van der Waals surface area (Å²) in [5.74, 6) is 0.439. The van der Waals surface area contributed by atoms with Gasteiger partial charge in [-0.05, 0) is 62.2 Å². The Morgan fingerprint density at radius 3 is 2.63 bits per heavy atom. The van der Waals surface area contributed by atoms with Crippen molar-refractivity contribution in [3.05, 3.63) is 87.6 Å². The molecule has 5 aromatic rings. The molecule has 9 nitrogen and oxygen atoms in total. The number of nitrogens with zero attached hydrogens (tertiary/aromatic N) is 6. The van der Waals surface area contributed by atoms with Crippen LogP contribution in [0.2, 0.25) is 0 Å². The zero-order valence-corrected chi connectivity index (χ0v) is 21.9. The molecule has 1 aliphatic rings. The minimum absolute atomic E-state index is 0.00896. The number of nitrogens with one attached hydrogen (secondary N) is 1. The number of benzene rings is 2. The molecular formula is C28H30FN7O2. The number of hydrogen-bond acceptors (Lipinski definition) is 5. The van der Waals surface area contributed by atoms with Crippen molar-refractivity contribution >= 4 is 10.9 Å². The molecule has 10 heteroatoms. The molecular weight excluding hydrogens is 485 g/mol. The Bertz CT molecular complexity index is 1700. The van der Waals surface area contributed by atoms with Crippen LogP contribution in [0.3, 0.4) is 0 Å². The lowest BCUT2D eigenvalue weighted by atomic mass is 10.0. The van der Waals surface area contributed by atoms with Crippen LogP contribution in [0.1, 0.15) is 35.3 Å². The van der Waals surface area contributed by atoms with Crippen LogP contribution >= 0.6 is 0 Å². The number of aromatic nitrogens is 6. The van der Waals surface area contributed by atoms with Gasteiger partial charge in [-0.3, -0.25) is 13.8 Å². The maximum absolute atomic E-state index is 14.5. The van der Waals surface area contributed by atoms with Gasteiger partial charge in [-0.1, -0.05) is 0 Å². The minimum atomic E-state index is -0.230. The van der Waals surface area contributed by atoms with Gasteiger partial charge in [0.05, 0.1) is 41.9 Å². The van der Waals surface area contributed by atoms with Crippen LogP contribution in [-0.2, 0) is 17.7 Å². The summed E-state index contributed by atoms with van der Waals surface area (Å²) in [5, 5.41) is 13.8. The highest BCUT2D eigenvalue weighted by Gasteiger charge is 2.29. The first-order valence-corrected chi connectivity index (χ1v) is 12.7. The molecule has 1 atom stereocenters. The molecule has 0 spiro atoms. The Balaban J connectivity index is 1.49. The average molecular weight is 516 g/mol. The van der Waals surface area contributed by atoms with E-state index in [0.29, 0.717) is 30.1 Å². The van der Waals surface area contributed by atoms with Gasteiger partial charge in [0.2, 0.25) is 0 Å². The van der Waals surface area contributed by atoms with Crippen molar-refractivity contribution in [2.75, 3.05) is 20.3 Å². The third-order valence-electron chi connectivity index (χ3n) is 7.30. The Kier molecular flexibility index (Phi) is 6.00. The Morgan fingerprint density at radius 1 is 1.11 bits per heavy atom. The number of halogens is 1. The molecule has 0 fully saturated rings. The molecule has 0 radical (unpaired) electrons. The van der Waals surface area contributed by atoms with Crippen LogP contribution in [0.15, 0.2) is 53.7 Å². The molecule has 4 heterocycles. The highest BCUT2D eigenvalue weighted by Crippen LogP contribution is 2.31. The number of aryl methyl sites for hydroxylation is 2. The van der Waals surface area contributed by atoms with Crippen molar-refractivity contribution in [1.82, 2.24) is 34.0 Å². The maximum Gasteiger partial charge on any atom is 0.338 e. The van der Waals surface area contributed by atoms with Gasteiger partial charge in [0.25, 0.3) is 0 Å². The predicted molar refractivity (Wildman–Crippen MR) is 143 cm³/mol. The van der Waals surface area contributed by atoms with E-state index in [4.69, 9.17) is 9.84 Å². The number of rotatable bonds is 6. The normalized spacial score (nSPS) is 15.3. The summed E-state index contributed by atoms with van der Waals surface area (Å²) < 4.78 is 26.6. The van der Waals surface area contributed by atoms with E-state index in [2.05, 4.69) is 17.3 Å². The van der Waals surface area contributed by atoms with Gasteiger partial charge in [-0.25, -0.2) is 13.9 Å². The topological polar surface area (TPSA) is 83.8 Å². The number of ether oxygens (including phenoxy) is 1. The van der Waals surface area contributed by atoms with Crippen molar-refractivity contribution in [3.8, 4) is 17.2 Å². The lowest BCUT2D eigenvalue weighted by Crippen LogP contribution is -2.30. The van der Waals surface area contributed by atoms with Gasteiger partial charge < -0.3 is 10.1 Å². The third-order valence-corrected chi connectivity index (χ3v) is 7.30. The monoisotopic (exact) mass is 515 g/mol. The van der Waals surface area contributed by atoms with Crippen molar-refractivity contribution in [2.24, 2.45) is 0 Å². The third kappa shape index (κ3) is 3.88. The van der Waals surface area contributed by atoms with Crippen molar-refractivity contribution < 1.29 is 9.13 Å². The molecule has 0 saturated carbocycles. The van der Waals surface area contributed by atoms with Crippen LogP contribution in [0.5, 0.6) is 0 Å². The van der Waals surface area contributed by atoms with E-state index >= 15 is 0 Å². The summed E-state index contributed by atoms with van der Waals surface area (Å²) in [4.78, 5) is 13.9. The fourth-order valence-corrected chi connectivity index (χ4v) is 5.37. The lowest BCUT2D eigenvalue weighted by molar-refractivity contribution is 0.185. The summed E-state index contributed by atoms with van der Waals surface area (Å²) >= 11 is 0. The van der Waals surface area contributed by atoms with Gasteiger partial charge in [-0.15, -0.1) is 0 Å². The SMILES string of the molecule is COCCn1ncc2cc(-n3ccn(-c4c5c(nn4-c4cc(C)c(F)c(C)c4)CCN[C@H]5C)c3=O)ccc21. The predicted octanol–water partition coefficient (Wildman–Crippen LogP) is 3.77. The van der Waals surface area contributed by atoms with Crippen LogP contribution in [-0.4, -0.2) is 49.0 Å². The summed E-state index contributed by atoms with van der Waals surface area (Å²) in [6.45, 7) is 7.59. The summed E-state index contributed by atoms with van der Waals surface area (Å²) in [5.41, 5.74) is 5.22. The van der Waals surface area contributed by atoms with E-state index < -0.39 is 0 Å². The molecule has 38 heavy (non-hydrogen) atoms. The summed E-state index contributed by atoms with van der Waals surface area (Å²) in [6, 6.07) is 9.41. The maximum atomic E-state index is 14.5. The molecule has 0 aliphatic carbocycles. The van der Waals surface area contributed by atoms with E-state index in [-0.39, 0.29) is 17.5 Å². The first kappa shape index (κ1) is 24.3. The van der Waals surface area contributed by atoms with Crippen molar-refractivity contribution in [3.63, 3.8) is 0 Å². The summed E-state index contributed by atoms with van der Waals surface area (Å²) in [7, 11) is 1.67. The number of imidazole rings is 1. The molecule has 196 valence electrons. The Morgan fingerprint density at radius 2 is 1.87 bits per heavy atom. The Labute approximate surface area is 219 Å². The van der Waals surface area contributed by atoms with Gasteiger partial charge in [0.15, 0.2) is 0 Å². The second kappa shape index (κ2) is 9.38. The first-order chi connectivity index (χ1) is 18.4. The zero-order valence-electron chi connectivity index (χ0n) is 21.9. The molecule has 6 rings (SSSR count). The zero-order chi connectivity index (χ0) is 26.6. The average Bonchev–Trinajstić information content (AvgIpc) is 3.60. The quantitative estimate of drug-likeness (QED) is 0.372. The van der Waals surface area contributed by atoms with Crippen LogP contribution in [0.4, 0.5) is 4.39 Å². The highest BCUT2D eigenvalue weighted by molar-refractivity contribution is 5.81. The van der Waals surface area contributed by atoms with E-state index in [9.17, 15) is 9.18 Å². The standard InChI is InChI=1S/C28H30FN7O2/c1-17-13-22(14-18(2)26(17)29)36-27(25-19(3)30-8-7-23(25)32-36)34-10-9-33(28(34)37)21-5-6-24-20(15-21)16-31-35(24)11-12-38-4/h5-6,9-10,13-16,19,30H,7-8,11-12H2,1-4H3/t19-/m0/s1. The van der Waals surface area contributed by atoms with Crippen molar-refractivity contribution in [2.45, 2.75) is 39.8 Å². The highest BCUT2D eigenvalue weighted by atomic mass is 19.1. The fourth-order valence-electron chi connectivity index (χ4n) is 5.37. The number of hydrogen-bond donors (Lipinski definition) is 1. The molecule has 1 N–H and O–H groups in total. The van der Waals surface area contributed by atoms with Gasteiger partial charge >= 0.3 is 5.69 Å². The second-order valence-electron chi connectivity index (χ2n) is 9.84. The molecule has 0 amide bonds. The van der Waals surface area contributed by atoms with E-state index in [1.165, 1.54) is 0 Å². The molecule has 0 saturated heterocycles. The fraction of sp³-hybridized carbons (Fsp3) is 0.321. The van der Waals surface area contributed by atoms with Crippen molar-refractivity contribution in [1.29, 1.82) is 0 Å². The van der Waals surface area contributed by atoms with Gasteiger partial charge in [-0.2, -0.15) is 10.2 Å². The van der Waals surface area contributed by atoms with Gasteiger partial charge in [0, 0.05) is 49.5 Å². The minimum Gasteiger partial charge on any atom is -0.383 e. The van der Waals surface area contributed by atoms with Gasteiger partial charge in [0.1, 0.15) is 11.6 Å². The molecule has 0 unspecified atom stereocenters. The Hall–Kier alpha value is -4.02. The van der Waals surface area contributed by atoms with Crippen LogP contribution in [0.25, 0.3) is 28.1 Å². The smallest absolute Gasteiger partial charge is 0.338 e. The molecule has 2 aromatic carbocycles. The molecule has 1 aliphatic heterocycles. The van der Waals surface area contributed by atoms with Crippen LogP contribution in [0, 0.1) is 19.7 Å². The second-order valence-corrected chi connectivity index (χ2v) is 9.84. The van der Waals surface area contributed by atoms with Crippen LogP contribution < -0.4 is 11.0 Å². The largest absolute Gasteiger partial charge is 0.383 e.